The Morgan fingerprint density at radius 2 is 1.59 bits per heavy atom. The number of nitrogens with zero attached hydrogens (tertiary/aromatic N) is 1. The summed E-state index contributed by atoms with van der Waals surface area (Å²) in [6, 6.07) is 9.70. The molecule has 8 nitrogen and oxygen atoms in total. The minimum Gasteiger partial charge on any atom is -0.407 e. The predicted octanol–water partition coefficient (Wildman–Crippen LogP) is 6.45. The van der Waals surface area contributed by atoms with Gasteiger partial charge in [-0.25, -0.2) is 4.79 Å². The van der Waals surface area contributed by atoms with Gasteiger partial charge in [-0.2, -0.15) is 0 Å². The van der Waals surface area contributed by atoms with Gasteiger partial charge in [0, 0.05) is 16.3 Å². The molecule has 2 fully saturated rings. The molecule has 0 amide bonds. The molecule has 41 heavy (non-hydrogen) atoms. The Hall–Kier alpha value is -2.09. The molecule has 2 aliphatic rings. The third kappa shape index (κ3) is 6.05. The highest BCUT2D eigenvalue weighted by molar-refractivity contribution is 6.74. The van der Waals surface area contributed by atoms with E-state index in [-0.39, 0.29) is 15.1 Å². The van der Waals surface area contributed by atoms with Gasteiger partial charge in [-0.05, 0) is 29.8 Å². The van der Waals surface area contributed by atoms with Crippen molar-refractivity contribution in [2.75, 3.05) is 6.61 Å². The molecule has 4 rings (SSSR count). The van der Waals surface area contributed by atoms with Crippen LogP contribution in [0.2, 0.25) is 28.2 Å². The Morgan fingerprint density at radius 1 is 0.976 bits per heavy atom. The number of aromatic nitrogens is 2. The number of rotatable bonds is 5. The molecule has 0 spiro atoms. The summed E-state index contributed by atoms with van der Waals surface area (Å²) in [7, 11) is -5.20. The van der Waals surface area contributed by atoms with Crippen LogP contribution in [0.25, 0.3) is 12.2 Å². The molecule has 4 atom stereocenters. The van der Waals surface area contributed by atoms with Gasteiger partial charge < -0.3 is 18.0 Å². The smallest absolute Gasteiger partial charge is 0.349 e. The van der Waals surface area contributed by atoms with Crippen LogP contribution in [0.4, 0.5) is 0 Å². The van der Waals surface area contributed by atoms with E-state index in [1.54, 1.807) is 12.3 Å². The molecule has 2 saturated heterocycles. The van der Waals surface area contributed by atoms with Crippen molar-refractivity contribution in [2.45, 2.75) is 115 Å². The number of aromatic amines is 1. The minimum atomic E-state index is -2.85. The lowest BCUT2D eigenvalue weighted by molar-refractivity contribution is -0.0809. The first kappa shape index (κ1) is 31.8. The monoisotopic (exact) mass is 600 g/mol. The average molecular weight is 601 g/mol. The molecule has 2 aromatic rings. The molecule has 0 bridgehead atoms. The standard InChI is InChI=1S/C31H48N2O6Si2/c1-29(2,3)40(10,11)38-25-24-23(20-36-41(39-24,30(4,5)6)31(7,8)9)37-27(25)33-19-22(26(34)32-28(33)35)18-17-21-15-13-12-14-16-21/h12-19,23-25,27H,20H2,1-11H3,(H,32,34,35)/b18-17+/t23-,24-,25-,27-/m1/s1. The molecule has 0 saturated carbocycles. The zero-order valence-electron chi connectivity index (χ0n) is 26.5. The number of H-pyrrole nitrogens is 1. The van der Waals surface area contributed by atoms with Crippen LogP contribution in [0.5, 0.6) is 0 Å². The molecule has 0 radical (unpaired) electrons. The van der Waals surface area contributed by atoms with Gasteiger partial charge in [0.1, 0.15) is 18.3 Å². The first-order valence-corrected chi connectivity index (χ1v) is 19.2. The van der Waals surface area contributed by atoms with Crippen LogP contribution in [-0.2, 0) is 18.0 Å². The zero-order valence-corrected chi connectivity index (χ0v) is 28.5. The van der Waals surface area contributed by atoms with E-state index in [2.05, 4.69) is 80.4 Å². The number of fused-ring (bicyclic) bond motifs is 1. The first-order valence-electron chi connectivity index (χ1n) is 14.5. The highest BCUT2D eigenvalue weighted by atomic mass is 28.4. The molecule has 1 N–H and O–H groups in total. The molecule has 2 aliphatic heterocycles. The Labute approximate surface area is 246 Å². The number of hydrogen-bond donors (Lipinski definition) is 1. The summed E-state index contributed by atoms with van der Waals surface area (Å²) in [5.41, 5.74) is 0.295. The van der Waals surface area contributed by atoms with Crippen molar-refractivity contribution in [3.8, 4) is 0 Å². The Kier molecular flexibility index (Phi) is 8.45. The van der Waals surface area contributed by atoms with Gasteiger partial charge in [0.25, 0.3) is 5.56 Å². The predicted molar refractivity (Wildman–Crippen MR) is 169 cm³/mol. The molecular formula is C31H48N2O6Si2. The van der Waals surface area contributed by atoms with E-state index in [4.69, 9.17) is 18.0 Å². The molecule has 10 heteroatoms. The number of hydrogen-bond acceptors (Lipinski definition) is 6. The van der Waals surface area contributed by atoms with Gasteiger partial charge in [0.15, 0.2) is 14.5 Å². The maximum Gasteiger partial charge on any atom is 0.349 e. The van der Waals surface area contributed by atoms with Crippen LogP contribution < -0.4 is 11.2 Å². The van der Waals surface area contributed by atoms with Gasteiger partial charge in [-0.3, -0.25) is 14.3 Å². The fraction of sp³-hybridized carbons (Fsp3) is 0.613. The van der Waals surface area contributed by atoms with E-state index in [1.807, 2.05) is 36.4 Å². The van der Waals surface area contributed by atoms with Crippen molar-refractivity contribution in [1.29, 1.82) is 0 Å². The van der Waals surface area contributed by atoms with Crippen molar-refractivity contribution in [1.82, 2.24) is 9.55 Å². The first-order chi connectivity index (χ1) is 18.8. The maximum absolute atomic E-state index is 13.3. The second-order valence-electron chi connectivity index (χ2n) is 14.9. The Morgan fingerprint density at radius 3 is 2.15 bits per heavy atom. The van der Waals surface area contributed by atoms with E-state index in [1.165, 1.54) is 4.57 Å². The summed E-state index contributed by atoms with van der Waals surface area (Å²) in [6.07, 6.45) is 2.95. The summed E-state index contributed by atoms with van der Waals surface area (Å²) >= 11 is 0. The van der Waals surface area contributed by atoms with E-state index in [0.29, 0.717) is 12.2 Å². The Bertz CT molecular complexity index is 1360. The fourth-order valence-electron chi connectivity index (χ4n) is 5.75. The minimum absolute atomic E-state index is 0.0804. The van der Waals surface area contributed by atoms with Crippen LogP contribution in [-0.4, -0.2) is 51.3 Å². The molecular weight excluding hydrogens is 553 g/mol. The third-order valence-electron chi connectivity index (χ3n) is 8.77. The van der Waals surface area contributed by atoms with E-state index in [0.717, 1.165) is 5.56 Å². The van der Waals surface area contributed by atoms with Crippen molar-refractivity contribution in [2.24, 2.45) is 0 Å². The van der Waals surface area contributed by atoms with E-state index in [9.17, 15) is 9.59 Å². The number of ether oxygens (including phenoxy) is 1. The van der Waals surface area contributed by atoms with Gasteiger partial charge in [-0.1, -0.05) is 98.7 Å². The van der Waals surface area contributed by atoms with Gasteiger partial charge >= 0.3 is 14.3 Å². The van der Waals surface area contributed by atoms with Crippen LogP contribution in [0.3, 0.4) is 0 Å². The SMILES string of the molecule is CC(C)(C)[Si](C)(C)O[C@@H]1[C@@H]2O[Si](C(C)(C)C)(C(C)(C)C)OC[C@H]2O[C@H]1n1cc(/C=C/c2ccccc2)c(=O)[nH]c1=O. The lowest BCUT2D eigenvalue weighted by atomic mass is 10.1. The second kappa shape index (κ2) is 10.9. The zero-order chi connectivity index (χ0) is 30.6. The van der Waals surface area contributed by atoms with Gasteiger partial charge in [0.05, 0.1) is 12.2 Å². The highest BCUT2D eigenvalue weighted by Gasteiger charge is 2.65. The van der Waals surface area contributed by atoms with Crippen LogP contribution in [0.15, 0.2) is 46.1 Å². The average Bonchev–Trinajstić information content (AvgIpc) is 3.18. The van der Waals surface area contributed by atoms with E-state index >= 15 is 0 Å². The van der Waals surface area contributed by atoms with Crippen molar-refractivity contribution in [3.63, 3.8) is 0 Å². The van der Waals surface area contributed by atoms with Crippen LogP contribution in [0.1, 0.15) is 79.7 Å². The van der Waals surface area contributed by atoms with Crippen molar-refractivity contribution in [3.05, 3.63) is 68.5 Å². The molecule has 226 valence electrons. The van der Waals surface area contributed by atoms with Crippen LogP contribution >= 0.6 is 0 Å². The van der Waals surface area contributed by atoms with Gasteiger partial charge in [0.2, 0.25) is 0 Å². The summed E-state index contributed by atoms with van der Waals surface area (Å²) in [6.45, 7) is 24.4. The largest absolute Gasteiger partial charge is 0.407 e. The maximum atomic E-state index is 13.3. The normalized spacial score (nSPS) is 25.4. The number of benzene rings is 1. The molecule has 3 heterocycles. The number of nitrogens with one attached hydrogen (secondary N) is 1. The van der Waals surface area contributed by atoms with Crippen molar-refractivity contribution < 1.29 is 18.0 Å². The highest BCUT2D eigenvalue weighted by Crippen LogP contribution is 2.56. The quantitative estimate of drug-likeness (QED) is 0.397. The fourth-order valence-corrected chi connectivity index (χ4v) is 12.0. The molecule has 0 unspecified atom stereocenters. The lowest BCUT2D eigenvalue weighted by Gasteiger charge is -2.54. The summed E-state index contributed by atoms with van der Waals surface area (Å²) < 4.78 is 28.9. The second-order valence-corrected chi connectivity index (χ2v) is 24.4. The van der Waals surface area contributed by atoms with Crippen LogP contribution in [0, 0.1) is 0 Å². The van der Waals surface area contributed by atoms with E-state index < -0.39 is 52.7 Å². The third-order valence-corrected chi connectivity index (χ3v) is 18.4. The Balaban J connectivity index is 1.81. The lowest BCUT2D eigenvalue weighted by Crippen LogP contribution is -2.66. The molecule has 1 aromatic heterocycles. The molecule has 1 aromatic carbocycles. The summed E-state index contributed by atoms with van der Waals surface area (Å²) in [5, 5.41) is -0.525. The van der Waals surface area contributed by atoms with Crippen molar-refractivity contribution >= 4 is 29.0 Å². The summed E-state index contributed by atoms with van der Waals surface area (Å²) in [4.78, 5) is 28.6. The van der Waals surface area contributed by atoms with Gasteiger partial charge in [-0.15, -0.1) is 0 Å². The topological polar surface area (TPSA) is 91.8 Å². The molecule has 0 aliphatic carbocycles. The summed E-state index contributed by atoms with van der Waals surface area (Å²) in [5.74, 6) is 0.